The van der Waals surface area contributed by atoms with Crippen LogP contribution in [0.25, 0.3) is 0 Å². The van der Waals surface area contributed by atoms with E-state index in [4.69, 9.17) is 15.6 Å². The fourth-order valence-corrected chi connectivity index (χ4v) is 5.05. The molecule has 1 aromatic rings. The van der Waals surface area contributed by atoms with E-state index in [1.54, 1.807) is 6.92 Å². The second kappa shape index (κ2) is 9.31. The Bertz CT molecular complexity index is 710. The zero-order valence-corrected chi connectivity index (χ0v) is 17.4. The number of nitrogens with zero attached hydrogens (tertiary/aromatic N) is 3. The summed E-state index contributed by atoms with van der Waals surface area (Å²) in [6.45, 7) is 6.05. The van der Waals surface area contributed by atoms with E-state index in [2.05, 4.69) is 29.4 Å². The van der Waals surface area contributed by atoms with Crippen LogP contribution in [0.1, 0.15) is 57.9 Å². The quantitative estimate of drug-likeness (QED) is 0.605. The summed E-state index contributed by atoms with van der Waals surface area (Å²) >= 11 is 1.29. The third-order valence-corrected chi connectivity index (χ3v) is 6.36. The predicted molar refractivity (Wildman–Crippen MR) is 105 cm³/mol. The molecule has 0 saturated carbocycles. The van der Waals surface area contributed by atoms with E-state index in [-0.39, 0.29) is 30.4 Å². The normalized spacial score (nSPS) is 25.4. The summed E-state index contributed by atoms with van der Waals surface area (Å²) in [6.07, 6.45) is 4.50. The van der Waals surface area contributed by atoms with E-state index in [9.17, 15) is 9.59 Å². The molecule has 28 heavy (non-hydrogen) atoms. The smallest absolute Gasteiger partial charge is 0.290 e. The van der Waals surface area contributed by atoms with Crippen LogP contribution in [0, 0.1) is 11.3 Å². The summed E-state index contributed by atoms with van der Waals surface area (Å²) in [5.74, 6) is 0.654. The number of carbonyl (C=O) groups is 3. The van der Waals surface area contributed by atoms with Crippen molar-refractivity contribution in [1.82, 2.24) is 20.4 Å². The molecule has 9 nitrogen and oxygen atoms in total. The molecule has 10 heteroatoms. The van der Waals surface area contributed by atoms with Crippen molar-refractivity contribution in [1.29, 1.82) is 0 Å². The highest BCUT2D eigenvalue weighted by Gasteiger charge is 2.60. The van der Waals surface area contributed by atoms with E-state index in [0.717, 1.165) is 32.1 Å². The fourth-order valence-electron chi connectivity index (χ4n) is 4.50. The Morgan fingerprint density at radius 2 is 2.11 bits per heavy atom. The van der Waals surface area contributed by atoms with Crippen LogP contribution in [-0.2, 0) is 20.9 Å². The minimum Gasteiger partial charge on any atom is -0.483 e. The lowest BCUT2D eigenvalue weighted by atomic mass is 9.69. The third-order valence-electron chi connectivity index (χ3n) is 5.61. The highest BCUT2D eigenvalue weighted by Crippen LogP contribution is 2.52. The summed E-state index contributed by atoms with van der Waals surface area (Å²) < 4.78 is 0. The number of fused-ring (bicyclic) bond motifs is 2. The molecule has 0 spiro atoms. The van der Waals surface area contributed by atoms with Crippen LogP contribution >= 0.6 is 11.3 Å². The van der Waals surface area contributed by atoms with Gasteiger partial charge in [-0.05, 0) is 38.0 Å². The number of nitrogens with two attached hydrogens (primary N) is 1. The Kier molecular flexibility index (Phi) is 7.34. The Balaban J connectivity index is 0.000000878. The molecule has 2 aliphatic rings. The van der Waals surface area contributed by atoms with Crippen LogP contribution < -0.4 is 11.1 Å². The summed E-state index contributed by atoms with van der Waals surface area (Å²) in [4.78, 5) is 35.6. The molecular formula is C18H29N5O4S. The molecule has 156 valence electrons. The SMILES string of the molecule is CC(=O)N1[C@@H]2CC[C@H]1[C@@](CCC(C)C)(C(=O)NCc1nnc(N)s1)C2.O=CO. The molecule has 2 aliphatic heterocycles. The fraction of sp³-hybridized carbons (Fsp3) is 0.722. The van der Waals surface area contributed by atoms with Crippen molar-refractivity contribution in [2.75, 3.05) is 5.73 Å². The summed E-state index contributed by atoms with van der Waals surface area (Å²) in [7, 11) is 0. The van der Waals surface area contributed by atoms with Crippen LogP contribution in [0.4, 0.5) is 5.13 Å². The number of nitrogens with one attached hydrogen (secondary N) is 1. The van der Waals surface area contributed by atoms with Gasteiger partial charge in [-0.1, -0.05) is 25.2 Å². The number of anilines is 1. The van der Waals surface area contributed by atoms with E-state index in [0.29, 0.717) is 22.6 Å². The third kappa shape index (κ3) is 4.60. The molecule has 2 saturated heterocycles. The number of rotatable bonds is 6. The van der Waals surface area contributed by atoms with Crippen LogP contribution in [0.5, 0.6) is 0 Å². The molecule has 0 unspecified atom stereocenters. The molecule has 0 radical (unpaired) electrons. The average Bonchev–Trinajstić information content (AvgIpc) is 3.31. The Morgan fingerprint density at radius 1 is 1.43 bits per heavy atom. The summed E-state index contributed by atoms with van der Waals surface area (Å²) in [5, 5.41) is 18.8. The minimum absolute atomic E-state index is 0.0215. The van der Waals surface area contributed by atoms with Crippen LogP contribution in [0.15, 0.2) is 0 Å². The molecule has 2 bridgehead atoms. The van der Waals surface area contributed by atoms with Gasteiger partial charge < -0.3 is 21.1 Å². The number of aromatic nitrogens is 2. The largest absolute Gasteiger partial charge is 0.483 e. The molecule has 2 fully saturated rings. The molecule has 1 aromatic heterocycles. The zero-order chi connectivity index (χ0) is 20.9. The first-order chi connectivity index (χ1) is 13.2. The standard InChI is InChI=1S/C17H27N5O2S.CH2O2/c1-10(2)6-7-17(8-12-4-5-13(17)22(12)11(3)23)15(24)19-9-14-20-21-16(18)25-14;2-1-3/h10,12-13H,4-9H2,1-3H3,(H2,18,21)(H,19,24);1H,(H,2,3)/t12-,13+,17+;/m1./s1. The van der Waals surface area contributed by atoms with Crippen LogP contribution in [-0.4, -0.2) is 50.6 Å². The summed E-state index contributed by atoms with van der Waals surface area (Å²) in [6, 6.07) is 0.228. The molecule has 3 rings (SSSR count). The van der Waals surface area contributed by atoms with Gasteiger partial charge in [0.2, 0.25) is 16.9 Å². The highest BCUT2D eigenvalue weighted by molar-refractivity contribution is 7.15. The molecule has 0 aromatic carbocycles. The molecular weight excluding hydrogens is 382 g/mol. The maximum atomic E-state index is 13.2. The highest BCUT2D eigenvalue weighted by atomic mass is 32.1. The van der Waals surface area contributed by atoms with Gasteiger partial charge in [-0.15, -0.1) is 10.2 Å². The van der Waals surface area contributed by atoms with Gasteiger partial charge in [-0.2, -0.15) is 0 Å². The van der Waals surface area contributed by atoms with Crippen molar-refractivity contribution in [2.24, 2.45) is 11.3 Å². The van der Waals surface area contributed by atoms with E-state index >= 15 is 0 Å². The van der Waals surface area contributed by atoms with Crippen molar-refractivity contribution in [3.63, 3.8) is 0 Å². The van der Waals surface area contributed by atoms with Gasteiger partial charge in [0.05, 0.1) is 12.0 Å². The zero-order valence-electron chi connectivity index (χ0n) is 16.6. The van der Waals surface area contributed by atoms with Gasteiger partial charge in [0.15, 0.2) is 0 Å². The van der Waals surface area contributed by atoms with Gasteiger partial charge in [-0.3, -0.25) is 14.4 Å². The predicted octanol–water partition coefficient (Wildman–Crippen LogP) is 1.64. The first-order valence-corrected chi connectivity index (χ1v) is 10.3. The van der Waals surface area contributed by atoms with Gasteiger partial charge in [-0.25, -0.2) is 0 Å². The Morgan fingerprint density at radius 3 is 2.61 bits per heavy atom. The second-order valence-corrected chi connectivity index (χ2v) is 8.88. The molecule has 4 N–H and O–H groups in total. The first kappa shape index (κ1) is 22.1. The summed E-state index contributed by atoms with van der Waals surface area (Å²) in [5.41, 5.74) is 5.13. The van der Waals surface area contributed by atoms with Crippen molar-refractivity contribution < 1.29 is 19.5 Å². The monoisotopic (exact) mass is 411 g/mol. The van der Waals surface area contributed by atoms with Crippen LogP contribution in [0.2, 0.25) is 0 Å². The van der Waals surface area contributed by atoms with Gasteiger partial charge in [0.1, 0.15) is 5.01 Å². The molecule has 3 heterocycles. The van der Waals surface area contributed by atoms with Crippen molar-refractivity contribution in [3.05, 3.63) is 5.01 Å². The van der Waals surface area contributed by atoms with E-state index in [1.165, 1.54) is 11.3 Å². The number of amides is 2. The Hall–Kier alpha value is -2.23. The van der Waals surface area contributed by atoms with Gasteiger partial charge >= 0.3 is 0 Å². The Labute approximate surface area is 168 Å². The molecule has 2 amide bonds. The minimum atomic E-state index is -0.477. The molecule has 0 aliphatic carbocycles. The average molecular weight is 412 g/mol. The topological polar surface area (TPSA) is 139 Å². The maximum absolute atomic E-state index is 13.2. The van der Waals surface area contributed by atoms with Crippen LogP contribution in [0.3, 0.4) is 0 Å². The van der Waals surface area contributed by atoms with E-state index in [1.807, 2.05) is 4.90 Å². The first-order valence-electron chi connectivity index (χ1n) is 9.48. The van der Waals surface area contributed by atoms with E-state index < -0.39 is 5.41 Å². The van der Waals surface area contributed by atoms with Crippen molar-refractivity contribution in [2.45, 2.75) is 71.5 Å². The number of carboxylic acid groups (broad SMARTS) is 1. The van der Waals surface area contributed by atoms with Gasteiger partial charge in [0, 0.05) is 19.0 Å². The van der Waals surface area contributed by atoms with Gasteiger partial charge in [0.25, 0.3) is 6.47 Å². The number of carbonyl (C=O) groups excluding carboxylic acids is 2. The second-order valence-electron chi connectivity index (χ2n) is 7.79. The number of nitrogen functional groups attached to an aromatic ring is 1. The molecule has 3 atom stereocenters. The lowest BCUT2D eigenvalue weighted by molar-refractivity contribution is -0.136. The van der Waals surface area contributed by atoms with Crippen molar-refractivity contribution >= 4 is 34.8 Å². The van der Waals surface area contributed by atoms with Crippen molar-refractivity contribution in [3.8, 4) is 0 Å². The number of hydrogen-bond acceptors (Lipinski definition) is 7. The lowest BCUT2D eigenvalue weighted by Crippen LogP contribution is -2.49. The number of hydrogen-bond donors (Lipinski definition) is 3. The lowest BCUT2D eigenvalue weighted by Gasteiger charge is -2.36. The maximum Gasteiger partial charge on any atom is 0.290 e.